The van der Waals surface area contributed by atoms with Gasteiger partial charge in [0.1, 0.15) is 0 Å². The van der Waals surface area contributed by atoms with Crippen molar-refractivity contribution in [2.75, 3.05) is 6.54 Å². The fraction of sp³-hybridized carbons (Fsp3) is 0.700. The molecule has 0 spiro atoms. The third-order valence-electron chi connectivity index (χ3n) is 2.66. The van der Waals surface area contributed by atoms with Gasteiger partial charge >= 0.3 is 0 Å². The molecule has 1 fully saturated rings. The molecule has 1 aliphatic carbocycles. The van der Waals surface area contributed by atoms with E-state index in [1.807, 2.05) is 0 Å². The summed E-state index contributed by atoms with van der Waals surface area (Å²) >= 11 is 0. The molecule has 2 aliphatic rings. The number of hydrogen-bond donors (Lipinski definition) is 0. The van der Waals surface area contributed by atoms with Crippen LogP contribution in [0.4, 0.5) is 0 Å². The highest BCUT2D eigenvalue weighted by atomic mass is 14.7. The molecule has 1 heterocycles. The SMILES string of the molecule is C1=NCCC=C2CCCCC12. The van der Waals surface area contributed by atoms with E-state index in [1.165, 1.54) is 32.1 Å². The maximum atomic E-state index is 4.38. The molecule has 0 aromatic heterocycles. The van der Waals surface area contributed by atoms with Gasteiger partial charge in [-0.25, -0.2) is 0 Å². The topological polar surface area (TPSA) is 12.4 Å². The first kappa shape index (κ1) is 7.08. The van der Waals surface area contributed by atoms with E-state index in [0.717, 1.165) is 6.54 Å². The second-order valence-corrected chi connectivity index (χ2v) is 3.48. The van der Waals surface area contributed by atoms with Crippen molar-refractivity contribution in [2.45, 2.75) is 32.1 Å². The van der Waals surface area contributed by atoms with E-state index in [4.69, 9.17) is 0 Å². The third-order valence-corrected chi connectivity index (χ3v) is 2.66. The predicted molar refractivity (Wildman–Crippen MR) is 48.0 cm³/mol. The van der Waals surface area contributed by atoms with Crippen LogP contribution in [0, 0.1) is 5.92 Å². The monoisotopic (exact) mass is 149 g/mol. The quantitative estimate of drug-likeness (QED) is 0.469. The first-order chi connectivity index (χ1) is 5.47. The van der Waals surface area contributed by atoms with E-state index < -0.39 is 0 Å². The smallest absolute Gasteiger partial charge is 0.0420 e. The molecule has 0 radical (unpaired) electrons. The zero-order valence-corrected chi connectivity index (χ0v) is 6.92. The number of hydrogen-bond acceptors (Lipinski definition) is 1. The lowest BCUT2D eigenvalue weighted by atomic mass is 9.85. The normalized spacial score (nSPS) is 30.5. The summed E-state index contributed by atoms with van der Waals surface area (Å²) in [6.45, 7) is 1.01. The summed E-state index contributed by atoms with van der Waals surface area (Å²) in [5.41, 5.74) is 1.66. The van der Waals surface area contributed by atoms with Gasteiger partial charge in [-0.3, -0.25) is 4.99 Å². The van der Waals surface area contributed by atoms with Crippen molar-refractivity contribution in [3.05, 3.63) is 11.6 Å². The fourth-order valence-corrected chi connectivity index (χ4v) is 2.01. The second kappa shape index (κ2) is 3.21. The Morgan fingerprint density at radius 2 is 2.36 bits per heavy atom. The number of fused-ring (bicyclic) bond motifs is 1. The van der Waals surface area contributed by atoms with Gasteiger partial charge in [0, 0.05) is 18.7 Å². The predicted octanol–water partition coefficient (Wildman–Crippen LogP) is 2.58. The summed E-state index contributed by atoms with van der Waals surface area (Å²) in [5, 5.41) is 0. The Bertz CT molecular complexity index is 191. The van der Waals surface area contributed by atoms with E-state index in [2.05, 4.69) is 17.3 Å². The van der Waals surface area contributed by atoms with Crippen LogP contribution in [0.2, 0.25) is 0 Å². The second-order valence-electron chi connectivity index (χ2n) is 3.48. The van der Waals surface area contributed by atoms with Crippen LogP contribution in [0.3, 0.4) is 0 Å². The van der Waals surface area contributed by atoms with Gasteiger partial charge in [-0.2, -0.15) is 0 Å². The zero-order valence-electron chi connectivity index (χ0n) is 6.92. The number of rotatable bonds is 0. The average Bonchev–Trinajstić information content (AvgIpc) is 2.28. The molecule has 2 rings (SSSR count). The van der Waals surface area contributed by atoms with Crippen LogP contribution in [0.25, 0.3) is 0 Å². The summed E-state index contributed by atoms with van der Waals surface area (Å²) < 4.78 is 0. The molecule has 1 atom stereocenters. The molecule has 0 saturated heterocycles. The molecule has 1 heteroatoms. The van der Waals surface area contributed by atoms with Crippen LogP contribution < -0.4 is 0 Å². The Kier molecular flexibility index (Phi) is 2.06. The van der Waals surface area contributed by atoms with Crippen molar-refractivity contribution in [1.82, 2.24) is 0 Å². The maximum absolute atomic E-state index is 4.38. The molecule has 0 N–H and O–H groups in total. The Hall–Kier alpha value is -0.590. The van der Waals surface area contributed by atoms with E-state index in [1.54, 1.807) is 5.57 Å². The first-order valence-electron chi connectivity index (χ1n) is 4.66. The zero-order chi connectivity index (χ0) is 7.52. The van der Waals surface area contributed by atoms with Crippen molar-refractivity contribution < 1.29 is 0 Å². The van der Waals surface area contributed by atoms with Crippen LogP contribution >= 0.6 is 0 Å². The van der Waals surface area contributed by atoms with Crippen LogP contribution in [0.5, 0.6) is 0 Å². The lowest BCUT2D eigenvalue weighted by Gasteiger charge is -2.20. The Morgan fingerprint density at radius 1 is 1.36 bits per heavy atom. The van der Waals surface area contributed by atoms with Crippen molar-refractivity contribution in [3.63, 3.8) is 0 Å². The van der Waals surface area contributed by atoms with Crippen molar-refractivity contribution >= 4 is 6.21 Å². The highest BCUT2D eigenvalue weighted by Gasteiger charge is 2.17. The minimum absolute atomic E-state index is 0.714. The minimum atomic E-state index is 0.714. The van der Waals surface area contributed by atoms with Crippen molar-refractivity contribution in [1.29, 1.82) is 0 Å². The molecule has 60 valence electrons. The van der Waals surface area contributed by atoms with Gasteiger partial charge in [0.2, 0.25) is 0 Å². The lowest BCUT2D eigenvalue weighted by Crippen LogP contribution is -2.10. The molecule has 1 nitrogen and oxygen atoms in total. The summed E-state index contributed by atoms with van der Waals surface area (Å²) in [5.74, 6) is 0.714. The van der Waals surface area contributed by atoms with E-state index in [0.29, 0.717) is 5.92 Å². The maximum Gasteiger partial charge on any atom is 0.0420 e. The van der Waals surface area contributed by atoms with Gasteiger partial charge in [0.25, 0.3) is 0 Å². The van der Waals surface area contributed by atoms with Gasteiger partial charge in [-0.1, -0.05) is 18.1 Å². The molecule has 11 heavy (non-hydrogen) atoms. The molecule has 0 aromatic rings. The summed E-state index contributed by atoms with van der Waals surface area (Å²) in [4.78, 5) is 4.38. The summed E-state index contributed by atoms with van der Waals surface area (Å²) in [6, 6.07) is 0. The van der Waals surface area contributed by atoms with Crippen molar-refractivity contribution in [3.8, 4) is 0 Å². The third kappa shape index (κ3) is 1.52. The van der Waals surface area contributed by atoms with Crippen LogP contribution in [0.15, 0.2) is 16.6 Å². The van der Waals surface area contributed by atoms with Crippen LogP contribution in [-0.2, 0) is 0 Å². The largest absolute Gasteiger partial charge is 0.297 e. The highest BCUT2D eigenvalue weighted by molar-refractivity contribution is 5.65. The molecular weight excluding hydrogens is 134 g/mol. The number of nitrogens with zero attached hydrogens (tertiary/aromatic N) is 1. The van der Waals surface area contributed by atoms with Gasteiger partial charge in [0.05, 0.1) is 0 Å². The Labute approximate surface area is 68.2 Å². The van der Waals surface area contributed by atoms with Crippen molar-refractivity contribution in [2.24, 2.45) is 10.9 Å². The fourth-order valence-electron chi connectivity index (χ4n) is 2.01. The molecule has 0 amide bonds. The molecule has 0 bridgehead atoms. The van der Waals surface area contributed by atoms with E-state index in [-0.39, 0.29) is 0 Å². The molecular formula is C10H15N. The number of allylic oxidation sites excluding steroid dienone is 1. The van der Waals surface area contributed by atoms with E-state index in [9.17, 15) is 0 Å². The van der Waals surface area contributed by atoms with Gasteiger partial charge in [-0.05, 0) is 25.7 Å². The average molecular weight is 149 g/mol. The van der Waals surface area contributed by atoms with Gasteiger partial charge < -0.3 is 0 Å². The Morgan fingerprint density at radius 3 is 3.36 bits per heavy atom. The summed E-state index contributed by atoms with van der Waals surface area (Å²) in [6.07, 6.45) is 11.2. The molecule has 1 saturated carbocycles. The van der Waals surface area contributed by atoms with Gasteiger partial charge in [0.15, 0.2) is 0 Å². The van der Waals surface area contributed by atoms with Gasteiger partial charge in [-0.15, -0.1) is 0 Å². The molecule has 1 unspecified atom stereocenters. The highest BCUT2D eigenvalue weighted by Crippen LogP contribution is 2.29. The molecule has 1 aliphatic heterocycles. The standard InChI is InChI=1S/C10H15N/c1-2-5-10-8-11-7-3-6-9(10)4-1/h6,8,10H,1-5,7H2. The first-order valence-corrected chi connectivity index (χ1v) is 4.66. The van der Waals surface area contributed by atoms with Crippen LogP contribution in [-0.4, -0.2) is 12.8 Å². The number of aliphatic imine (C=N–C) groups is 1. The lowest BCUT2D eigenvalue weighted by molar-refractivity contribution is 0.544. The Balaban J connectivity index is 2.15. The van der Waals surface area contributed by atoms with E-state index >= 15 is 0 Å². The minimum Gasteiger partial charge on any atom is -0.297 e. The summed E-state index contributed by atoms with van der Waals surface area (Å²) in [7, 11) is 0. The molecule has 0 aromatic carbocycles. The van der Waals surface area contributed by atoms with Crippen LogP contribution in [0.1, 0.15) is 32.1 Å².